The van der Waals surface area contributed by atoms with Crippen LogP contribution in [0.3, 0.4) is 0 Å². The minimum absolute atomic E-state index is 0.0267. The maximum absolute atomic E-state index is 9.78. The number of nitrogens with two attached hydrogens (primary N) is 1. The van der Waals surface area contributed by atoms with E-state index in [1.54, 1.807) is 14.2 Å². The molecule has 0 aliphatic carbocycles. The minimum atomic E-state index is -0.477. The maximum Gasteiger partial charge on any atom is 0.244 e. The molecular weight excluding hydrogens is 396 g/mol. The first-order chi connectivity index (χ1) is 15.2. The summed E-state index contributed by atoms with van der Waals surface area (Å²) in [5.74, 6) is 1.03. The number of allylic oxidation sites excluding steroid dienone is 1. The average Bonchev–Trinajstić information content (AvgIpc) is 3.19. The summed E-state index contributed by atoms with van der Waals surface area (Å²) >= 11 is 0. The van der Waals surface area contributed by atoms with Gasteiger partial charge in [0.2, 0.25) is 11.8 Å². The summed E-state index contributed by atoms with van der Waals surface area (Å²) in [5, 5.41) is 16.9. The van der Waals surface area contributed by atoms with Crippen molar-refractivity contribution < 1.29 is 18.9 Å². The van der Waals surface area contributed by atoms with Crippen molar-refractivity contribution in [1.82, 2.24) is 10.2 Å². The lowest BCUT2D eigenvalue weighted by atomic mass is 9.84. The normalized spacial score (nSPS) is 15.1. The lowest BCUT2D eigenvalue weighted by Crippen LogP contribution is -2.21. The van der Waals surface area contributed by atoms with Gasteiger partial charge in [0.05, 0.1) is 30.9 Å². The third kappa shape index (κ3) is 3.91. The second-order valence-electron chi connectivity index (χ2n) is 6.96. The third-order valence-electron chi connectivity index (χ3n) is 5.06. The molecule has 1 atom stereocenters. The van der Waals surface area contributed by atoms with Crippen molar-refractivity contribution in [2.75, 3.05) is 14.2 Å². The fourth-order valence-electron chi connectivity index (χ4n) is 3.61. The highest BCUT2D eigenvalue weighted by Gasteiger charge is 2.35. The smallest absolute Gasteiger partial charge is 0.244 e. The van der Waals surface area contributed by atoms with Gasteiger partial charge in [-0.25, -0.2) is 0 Å². The number of hydrogen-bond donors (Lipinski definition) is 2. The van der Waals surface area contributed by atoms with Crippen LogP contribution in [0.5, 0.6) is 17.4 Å². The minimum Gasteiger partial charge on any atom is -0.493 e. The number of methoxy groups -OCH3 is 2. The Morgan fingerprint density at radius 2 is 1.94 bits per heavy atom. The summed E-state index contributed by atoms with van der Waals surface area (Å²) in [4.78, 5) is 0. The number of nitrogens with one attached hydrogen (secondary N) is 1. The molecule has 3 N–H and O–H groups in total. The number of ether oxygens (including phenoxy) is 4. The summed E-state index contributed by atoms with van der Waals surface area (Å²) in [6.07, 6.45) is 0. The van der Waals surface area contributed by atoms with Crippen LogP contribution in [0.25, 0.3) is 0 Å². The molecule has 4 rings (SSSR count). The number of nitrogens with zero attached hydrogens (tertiary/aromatic N) is 2. The van der Waals surface area contributed by atoms with Crippen molar-refractivity contribution >= 4 is 0 Å². The van der Waals surface area contributed by atoms with Gasteiger partial charge < -0.3 is 24.7 Å². The summed E-state index contributed by atoms with van der Waals surface area (Å²) in [6.45, 7) is 0.699. The fourth-order valence-corrected chi connectivity index (χ4v) is 3.61. The molecule has 2 aromatic carbocycles. The molecule has 2 heterocycles. The first-order valence-corrected chi connectivity index (χ1v) is 9.64. The molecule has 1 aromatic heterocycles. The number of rotatable bonds is 7. The molecule has 0 unspecified atom stereocenters. The summed E-state index contributed by atoms with van der Waals surface area (Å²) in [5.41, 5.74) is 9.60. The Balaban J connectivity index is 1.71. The number of aromatic amines is 1. The van der Waals surface area contributed by atoms with Crippen LogP contribution in [0.4, 0.5) is 0 Å². The van der Waals surface area contributed by atoms with E-state index < -0.39 is 5.92 Å². The molecule has 0 saturated carbocycles. The Morgan fingerprint density at radius 3 is 2.65 bits per heavy atom. The lowest BCUT2D eigenvalue weighted by molar-refractivity contribution is 0.180. The predicted octanol–water partition coefficient (Wildman–Crippen LogP) is 3.36. The van der Waals surface area contributed by atoms with Crippen molar-refractivity contribution in [2.45, 2.75) is 19.1 Å². The largest absolute Gasteiger partial charge is 0.493 e. The third-order valence-corrected chi connectivity index (χ3v) is 5.06. The van der Waals surface area contributed by atoms with Gasteiger partial charge in [-0.3, -0.25) is 5.10 Å². The van der Waals surface area contributed by atoms with Gasteiger partial charge in [-0.2, -0.15) is 5.26 Å². The molecule has 158 valence electrons. The molecule has 0 saturated heterocycles. The SMILES string of the molecule is COCc1[nH]nc2c1[C@H](c1ccc(OCc3ccccc3)c(OC)c1)C(C#N)=C(N)O2. The molecule has 0 spiro atoms. The number of benzene rings is 2. The first-order valence-electron chi connectivity index (χ1n) is 9.64. The monoisotopic (exact) mass is 418 g/mol. The Labute approximate surface area is 179 Å². The standard InChI is InChI=1S/C23H22N4O4/c1-28-13-17-21-20(16(11-24)22(25)31-23(21)27-26-17)15-8-9-18(19(10-15)29-2)30-12-14-6-4-3-5-7-14/h3-10,20H,12-13,25H2,1-2H3,(H,26,27)/t20-/m1/s1. The van der Waals surface area contributed by atoms with Gasteiger partial charge >= 0.3 is 0 Å². The van der Waals surface area contributed by atoms with Crippen LogP contribution in [0, 0.1) is 11.3 Å². The number of hydrogen-bond acceptors (Lipinski definition) is 7. The molecule has 3 aromatic rings. The number of H-pyrrole nitrogens is 1. The van der Waals surface area contributed by atoms with E-state index in [0.29, 0.717) is 40.8 Å². The Morgan fingerprint density at radius 1 is 1.13 bits per heavy atom. The van der Waals surface area contributed by atoms with Crippen LogP contribution in [0.2, 0.25) is 0 Å². The molecule has 0 fully saturated rings. The van der Waals surface area contributed by atoms with Crippen molar-refractivity contribution in [1.29, 1.82) is 5.26 Å². The Hall–Kier alpha value is -3.96. The van der Waals surface area contributed by atoms with Gasteiger partial charge in [-0.15, -0.1) is 5.10 Å². The molecule has 8 heteroatoms. The van der Waals surface area contributed by atoms with Gasteiger partial charge in [-0.1, -0.05) is 36.4 Å². The topological polar surface area (TPSA) is 115 Å². The molecule has 1 aliphatic rings. The summed E-state index contributed by atoms with van der Waals surface area (Å²) in [6, 6.07) is 17.6. The van der Waals surface area contributed by atoms with Crippen LogP contribution in [0.1, 0.15) is 28.3 Å². The number of nitriles is 1. The van der Waals surface area contributed by atoms with E-state index in [4.69, 9.17) is 24.7 Å². The van der Waals surface area contributed by atoms with Crippen molar-refractivity contribution in [2.24, 2.45) is 5.73 Å². The molecule has 1 aliphatic heterocycles. The predicted molar refractivity (Wildman–Crippen MR) is 112 cm³/mol. The summed E-state index contributed by atoms with van der Waals surface area (Å²) < 4.78 is 22.4. The zero-order chi connectivity index (χ0) is 21.8. The lowest BCUT2D eigenvalue weighted by Gasteiger charge is -2.24. The molecule has 0 bridgehead atoms. The fraction of sp³-hybridized carbons (Fsp3) is 0.217. The van der Waals surface area contributed by atoms with Gasteiger partial charge in [0.1, 0.15) is 18.2 Å². The van der Waals surface area contributed by atoms with Crippen LogP contribution < -0.4 is 19.9 Å². The molecule has 0 amide bonds. The highest BCUT2D eigenvalue weighted by atomic mass is 16.5. The van der Waals surface area contributed by atoms with Crippen molar-refractivity contribution in [3.05, 3.63) is 82.4 Å². The molecular formula is C23H22N4O4. The Kier molecular flexibility index (Phi) is 5.78. The van der Waals surface area contributed by atoms with E-state index >= 15 is 0 Å². The molecule has 8 nitrogen and oxygen atoms in total. The van der Waals surface area contributed by atoms with E-state index in [1.807, 2.05) is 48.5 Å². The van der Waals surface area contributed by atoms with Gasteiger partial charge in [0.25, 0.3) is 0 Å². The highest BCUT2D eigenvalue weighted by molar-refractivity contribution is 5.57. The Bertz CT molecular complexity index is 1150. The number of aromatic nitrogens is 2. The zero-order valence-corrected chi connectivity index (χ0v) is 17.2. The van der Waals surface area contributed by atoms with Crippen LogP contribution in [-0.4, -0.2) is 24.4 Å². The maximum atomic E-state index is 9.78. The van der Waals surface area contributed by atoms with E-state index in [-0.39, 0.29) is 12.5 Å². The molecule has 0 radical (unpaired) electrons. The van der Waals surface area contributed by atoms with E-state index in [9.17, 15) is 5.26 Å². The van der Waals surface area contributed by atoms with Gasteiger partial charge in [0, 0.05) is 7.11 Å². The quantitative estimate of drug-likeness (QED) is 0.604. The zero-order valence-electron chi connectivity index (χ0n) is 17.2. The summed E-state index contributed by atoms with van der Waals surface area (Å²) in [7, 11) is 3.16. The first kappa shape index (κ1) is 20.3. The van der Waals surface area contributed by atoms with E-state index in [2.05, 4.69) is 16.3 Å². The van der Waals surface area contributed by atoms with Gasteiger partial charge in [-0.05, 0) is 23.3 Å². The number of fused-ring (bicyclic) bond motifs is 1. The van der Waals surface area contributed by atoms with Crippen LogP contribution >= 0.6 is 0 Å². The van der Waals surface area contributed by atoms with Crippen molar-refractivity contribution in [3.63, 3.8) is 0 Å². The second kappa shape index (κ2) is 8.81. The van der Waals surface area contributed by atoms with Gasteiger partial charge in [0.15, 0.2) is 11.5 Å². The van der Waals surface area contributed by atoms with Crippen LogP contribution in [-0.2, 0) is 18.0 Å². The van der Waals surface area contributed by atoms with Crippen molar-refractivity contribution in [3.8, 4) is 23.4 Å². The average molecular weight is 418 g/mol. The highest BCUT2D eigenvalue weighted by Crippen LogP contribution is 2.44. The molecule has 31 heavy (non-hydrogen) atoms. The van der Waals surface area contributed by atoms with E-state index in [0.717, 1.165) is 11.1 Å². The second-order valence-corrected chi connectivity index (χ2v) is 6.96. The van der Waals surface area contributed by atoms with Crippen LogP contribution in [0.15, 0.2) is 60.0 Å². The van der Waals surface area contributed by atoms with E-state index in [1.165, 1.54) is 0 Å².